The van der Waals surface area contributed by atoms with Crippen molar-refractivity contribution < 1.29 is 40.2 Å². The van der Waals surface area contributed by atoms with Crippen molar-refractivity contribution in [2.24, 2.45) is 0 Å². The van der Waals surface area contributed by atoms with Crippen LogP contribution in [0.2, 0.25) is 0 Å². The lowest BCUT2D eigenvalue weighted by molar-refractivity contribution is -0.0503. The van der Waals surface area contributed by atoms with Crippen LogP contribution in [0.15, 0.2) is 66.4 Å². The fourth-order valence-corrected chi connectivity index (χ4v) is 6.34. The third-order valence-corrected chi connectivity index (χ3v) is 8.68. The SMILES string of the molecule is Cc1cc(Oc2ccccc2F)ccc1-n1ncc(C(=O)C2=Cc3cc(OC(F)F)c(CS(=O)(=O)CCCF)cc3C2)c1N. The summed E-state index contributed by atoms with van der Waals surface area (Å²) in [7, 11) is -3.80. The maximum atomic E-state index is 14.0. The van der Waals surface area contributed by atoms with E-state index in [9.17, 15) is 30.8 Å². The summed E-state index contributed by atoms with van der Waals surface area (Å²) in [6, 6.07) is 13.6. The van der Waals surface area contributed by atoms with Crippen molar-refractivity contribution in [1.29, 1.82) is 0 Å². The molecule has 44 heavy (non-hydrogen) atoms. The lowest BCUT2D eigenvalue weighted by Crippen LogP contribution is -2.13. The number of halogens is 4. The van der Waals surface area contributed by atoms with Gasteiger partial charge in [-0.1, -0.05) is 18.2 Å². The zero-order chi connectivity index (χ0) is 31.6. The normalized spacial score (nSPS) is 12.7. The van der Waals surface area contributed by atoms with Gasteiger partial charge >= 0.3 is 6.61 Å². The summed E-state index contributed by atoms with van der Waals surface area (Å²) in [6.07, 6.45) is 2.71. The number of benzene rings is 3. The van der Waals surface area contributed by atoms with E-state index in [0.29, 0.717) is 28.1 Å². The number of alkyl halides is 3. The molecule has 1 heterocycles. The molecule has 0 bridgehead atoms. The lowest BCUT2D eigenvalue weighted by atomic mass is 10.0. The van der Waals surface area contributed by atoms with Crippen LogP contribution in [0.25, 0.3) is 11.8 Å². The molecule has 0 fully saturated rings. The minimum Gasteiger partial charge on any atom is -0.454 e. The van der Waals surface area contributed by atoms with Crippen molar-refractivity contribution in [3.8, 4) is 22.9 Å². The molecule has 0 radical (unpaired) electrons. The van der Waals surface area contributed by atoms with E-state index in [2.05, 4.69) is 9.84 Å². The second-order valence-corrected chi connectivity index (χ2v) is 12.4. The monoisotopic (exact) mass is 629 g/mol. The Hall–Kier alpha value is -4.65. The third-order valence-electron chi connectivity index (χ3n) is 7.02. The van der Waals surface area contributed by atoms with Gasteiger partial charge in [0.1, 0.15) is 17.3 Å². The Balaban J connectivity index is 1.38. The van der Waals surface area contributed by atoms with Crippen LogP contribution in [-0.4, -0.2) is 43.0 Å². The predicted octanol–water partition coefficient (Wildman–Crippen LogP) is 6.39. The van der Waals surface area contributed by atoms with Gasteiger partial charge in [0.2, 0.25) is 0 Å². The van der Waals surface area contributed by atoms with E-state index in [4.69, 9.17) is 10.5 Å². The average Bonchev–Trinajstić information content (AvgIpc) is 3.55. The van der Waals surface area contributed by atoms with Gasteiger partial charge in [-0.05, 0) is 72.5 Å². The molecule has 1 aliphatic rings. The molecule has 0 atom stereocenters. The van der Waals surface area contributed by atoms with E-state index < -0.39 is 46.2 Å². The standard InChI is InChI=1S/C31H27F4N3O5S/c1-18-11-23(42-27-6-3-2-5-25(27)33)7-8-26(18)38-30(36)24(16-37-38)29(39)21-12-19-14-22(17-44(40,41)10-4-9-32)28(43-31(34)35)15-20(19)13-21/h2-3,5-8,11,13-16,31H,4,9-10,12,17,36H2,1H3. The average molecular weight is 630 g/mol. The first-order valence-electron chi connectivity index (χ1n) is 13.4. The Kier molecular flexibility index (Phi) is 8.77. The summed E-state index contributed by atoms with van der Waals surface area (Å²) in [4.78, 5) is 13.5. The summed E-state index contributed by atoms with van der Waals surface area (Å²) in [5, 5.41) is 4.29. The van der Waals surface area contributed by atoms with Crippen LogP contribution in [0.5, 0.6) is 17.2 Å². The van der Waals surface area contributed by atoms with Crippen molar-refractivity contribution in [2.45, 2.75) is 32.1 Å². The van der Waals surface area contributed by atoms with Crippen molar-refractivity contribution in [1.82, 2.24) is 9.78 Å². The molecule has 5 rings (SSSR count). The first kappa shape index (κ1) is 30.8. The van der Waals surface area contributed by atoms with Crippen LogP contribution >= 0.6 is 0 Å². The van der Waals surface area contributed by atoms with Crippen molar-refractivity contribution in [2.75, 3.05) is 18.2 Å². The lowest BCUT2D eigenvalue weighted by Gasteiger charge is -2.13. The number of allylic oxidation sites excluding steroid dienone is 1. The number of para-hydroxylation sites is 1. The van der Waals surface area contributed by atoms with Gasteiger partial charge in [-0.25, -0.2) is 17.5 Å². The fourth-order valence-electron chi connectivity index (χ4n) is 4.95. The van der Waals surface area contributed by atoms with Gasteiger partial charge in [-0.2, -0.15) is 13.9 Å². The molecule has 8 nitrogen and oxygen atoms in total. The molecule has 0 amide bonds. The third kappa shape index (κ3) is 6.62. The minimum atomic E-state index is -3.80. The first-order valence-corrected chi connectivity index (χ1v) is 15.3. The number of nitrogens with zero attached hydrogens (tertiary/aromatic N) is 2. The van der Waals surface area contributed by atoms with Crippen molar-refractivity contribution in [3.05, 3.63) is 100 Å². The zero-order valence-electron chi connectivity index (χ0n) is 23.4. The van der Waals surface area contributed by atoms with Crippen molar-refractivity contribution in [3.63, 3.8) is 0 Å². The first-order chi connectivity index (χ1) is 21.0. The number of ketones is 1. The number of carbonyl (C=O) groups is 1. The van der Waals surface area contributed by atoms with Gasteiger partial charge in [0.05, 0.1) is 35.6 Å². The van der Waals surface area contributed by atoms with Crippen LogP contribution in [0.4, 0.5) is 23.4 Å². The Bertz CT molecular complexity index is 1870. The Morgan fingerprint density at radius 3 is 2.59 bits per heavy atom. The highest BCUT2D eigenvalue weighted by Crippen LogP contribution is 2.36. The number of rotatable bonds is 12. The van der Waals surface area contributed by atoms with Gasteiger partial charge in [0.15, 0.2) is 27.2 Å². The topological polar surface area (TPSA) is 114 Å². The fraction of sp³-hybridized carbons (Fsp3) is 0.226. The van der Waals surface area contributed by atoms with Crippen LogP contribution in [0.3, 0.4) is 0 Å². The molecule has 0 spiro atoms. The van der Waals surface area contributed by atoms with Gasteiger partial charge in [0.25, 0.3) is 0 Å². The maximum Gasteiger partial charge on any atom is 0.387 e. The zero-order valence-corrected chi connectivity index (χ0v) is 24.2. The molecule has 230 valence electrons. The number of Topliss-reactive ketones (excluding diaryl/α,β-unsaturated/α-hetero) is 1. The number of fused-ring (bicyclic) bond motifs is 1. The number of carbonyl (C=O) groups excluding carboxylic acids is 1. The molecule has 0 unspecified atom stereocenters. The molecule has 1 aliphatic carbocycles. The number of nitrogens with two attached hydrogens (primary N) is 1. The highest BCUT2D eigenvalue weighted by atomic mass is 32.2. The van der Waals surface area contributed by atoms with Crippen LogP contribution in [0, 0.1) is 12.7 Å². The van der Waals surface area contributed by atoms with Crippen LogP contribution < -0.4 is 15.2 Å². The molecular weight excluding hydrogens is 602 g/mol. The van der Waals surface area contributed by atoms with Gasteiger partial charge in [-0.3, -0.25) is 9.18 Å². The molecule has 0 saturated carbocycles. The molecular formula is C31H27F4N3O5S. The Morgan fingerprint density at radius 2 is 1.89 bits per heavy atom. The number of sulfone groups is 1. The van der Waals surface area contributed by atoms with E-state index in [0.717, 1.165) is 0 Å². The van der Waals surface area contributed by atoms with Crippen LogP contribution in [0.1, 0.15) is 39.0 Å². The number of nitrogen functional groups attached to an aromatic ring is 1. The largest absolute Gasteiger partial charge is 0.454 e. The molecule has 2 N–H and O–H groups in total. The second kappa shape index (κ2) is 12.5. The second-order valence-electron chi connectivity index (χ2n) is 10.2. The summed E-state index contributed by atoms with van der Waals surface area (Å²) in [5.74, 6) is -1.85. The summed E-state index contributed by atoms with van der Waals surface area (Å²) in [6.45, 7) is -2.26. The molecule has 4 aromatic rings. The van der Waals surface area contributed by atoms with Gasteiger partial charge < -0.3 is 15.2 Å². The van der Waals surface area contributed by atoms with Crippen molar-refractivity contribution >= 4 is 27.5 Å². The smallest absolute Gasteiger partial charge is 0.387 e. The summed E-state index contributed by atoms with van der Waals surface area (Å²) in [5.41, 5.74) is 8.93. The molecule has 3 aromatic carbocycles. The van der Waals surface area contributed by atoms with Gasteiger partial charge in [0, 0.05) is 17.6 Å². The molecule has 0 aliphatic heterocycles. The predicted molar refractivity (Wildman–Crippen MR) is 156 cm³/mol. The Labute approximate surface area is 250 Å². The quantitative estimate of drug-likeness (QED) is 0.143. The van der Waals surface area contributed by atoms with E-state index in [-0.39, 0.29) is 46.9 Å². The summed E-state index contributed by atoms with van der Waals surface area (Å²) < 4.78 is 89.3. The highest BCUT2D eigenvalue weighted by Gasteiger charge is 2.27. The molecule has 1 aromatic heterocycles. The number of ether oxygens (including phenoxy) is 2. The number of hydrogen-bond donors (Lipinski definition) is 1. The number of aromatic nitrogens is 2. The van der Waals surface area contributed by atoms with E-state index in [1.54, 1.807) is 37.3 Å². The molecule has 13 heteroatoms. The minimum absolute atomic E-state index is 0.00440. The number of hydrogen-bond acceptors (Lipinski definition) is 7. The summed E-state index contributed by atoms with van der Waals surface area (Å²) >= 11 is 0. The number of aryl methyl sites for hydroxylation is 1. The van der Waals surface area contributed by atoms with E-state index in [1.165, 1.54) is 41.2 Å². The van der Waals surface area contributed by atoms with Crippen LogP contribution in [-0.2, 0) is 22.0 Å². The van der Waals surface area contributed by atoms with E-state index >= 15 is 0 Å². The van der Waals surface area contributed by atoms with Gasteiger partial charge in [-0.15, -0.1) is 0 Å². The maximum absolute atomic E-state index is 14.0. The Morgan fingerprint density at radius 1 is 1.11 bits per heavy atom. The highest BCUT2D eigenvalue weighted by molar-refractivity contribution is 7.90. The molecule has 0 saturated heterocycles. The number of anilines is 1. The van der Waals surface area contributed by atoms with E-state index in [1.807, 2.05) is 0 Å².